The minimum atomic E-state index is -0.730. The summed E-state index contributed by atoms with van der Waals surface area (Å²) >= 11 is 0. The quantitative estimate of drug-likeness (QED) is 0.404. The SMILES string of the molecule is COCOCc1cc2cc(-c3nc4ccccc4c(=O)n3F)ccc2o1. The van der Waals surface area contributed by atoms with Gasteiger partial charge in [0.25, 0.3) is 5.56 Å². The largest absolute Gasteiger partial charge is 0.459 e. The molecule has 132 valence electrons. The minimum absolute atomic E-state index is 0.0472. The molecule has 0 saturated heterocycles. The smallest absolute Gasteiger partial charge is 0.290 e. The van der Waals surface area contributed by atoms with Crippen LogP contribution in [0.1, 0.15) is 5.76 Å². The van der Waals surface area contributed by atoms with E-state index in [4.69, 9.17) is 13.9 Å². The maximum absolute atomic E-state index is 14.5. The summed E-state index contributed by atoms with van der Waals surface area (Å²) in [6.07, 6.45) is 0. The third kappa shape index (κ3) is 2.87. The van der Waals surface area contributed by atoms with E-state index in [-0.39, 0.29) is 29.4 Å². The van der Waals surface area contributed by atoms with Gasteiger partial charge in [0.1, 0.15) is 24.7 Å². The molecule has 0 aliphatic rings. The van der Waals surface area contributed by atoms with Crippen LogP contribution >= 0.6 is 0 Å². The van der Waals surface area contributed by atoms with Crippen molar-refractivity contribution >= 4 is 21.9 Å². The zero-order valence-electron chi connectivity index (χ0n) is 13.9. The fourth-order valence-corrected chi connectivity index (χ4v) is 2.82. The Balaban J connectivity index is 1.78. The summed E-state index contributed by atoms with van der Waals surface area (Å²) in [5.41, 5.74) is 0.834. The molecule has 2 aromatic heterocycles. The molecule has 0 spiro atoms. The number of furan rings is 1. The molecule has 7 heteroatoms. The van der Waals surface area contributed by atoms with Gasteiger partial charge in [-0.1, -0.05) is 16.6 Å². The molecular weight excluding hydrogens is 339 g/mol. The Hall–Kier alpha value is -3.03. The highest BCUT2D eigenvalue weighted by Gasteiger charge is 2.14. The summed E-state index contributed by atoms with van der Waals surface area (Å²) in [6, 6.07) is 13.6. The average molecular weight is 354 g/mol. The lowest BCUT2D eigenvalue weighted by Gasteiger charge is -2.06. The molecule has 0 unspecified atom stereocenters. The van der Waals surface area contributed by atoms with Crippen LogP contribution in [0, 0.1) is 0 Å². The number of hydrogen-bond donors (Lipinski definition) is 0. The van der Waals surface area contributed by atoms with Crippen molar-refractivity contribution in [3.63, 3.8) is 0 Å². The number of ether oxygens (including phenoxy) is 2. The number of fused-ring (bicyclic) bond motifs is 2. The predicted octanol–water partition coefficient (Wildman–Crippen LogP) is 3.66. The van der Waals surface area contributed by atoms with Crippen LogP contribution in [0.2, 0.25) is 0 Å². The number of hydrogen-bond acceptors (Lipinski definition) is 5. The van der Waals surface area contributed by atoms with Crippen LogP contribution in [0.5, 0.6) is 0 Å². The van der Waals surface area contributed by atoms with Gasteiger partial charge >= 0.3 is 0 Å². The van der Waals surface area contributed by atoms with E-state index >= 15 is 0 Å². The fraction of sp³-hybridized carbons (Fsp3) is 0.158. The normalized spacial score (nSPS) is 11.5. The molecule has 0 bridgehead atoms. The number of halogens is 1. The Kier molecular flexibility index (Phi) is 4.24. The number of methoxy groups -OCH3 is 1. The van der Waals surface area contributed by atoms with Crippen molar-refractivity contribution in [3.8, 4) is 11.4 Å². The summed E-state index contributed by atoms with van der Waals surface area (Å²) in [4.78, 5) is 16.6. The van der Waals surface area contributed by atoms with Crippen molar-refractivity contribution in [2.45, 2.75) is 6.61 Å². The van der Waals surface area contributed by atoms with Crippen LogP contribution in [0.3, 0.4) is 0 Å². The first-order valence-electron chi connectivity index (χ1n) is 7.95. The first-order chi connectivity index (χ1) is 12.7. The summed E-state index contributed by atoms with van der Waals surface area (Å²) in [5.74, 6) is 0.576. The van der Waals surface area contributed by atoms with E-state index in [0.717, 1.165) is 5.39 Å². The molecule has 0 atom stereocenters. The zero-order chi connectivity index (χ0) is 18.1. The van der Waals surface area contributed by atoms with Crippen molar-refractivity contribution in [2.75, 3.05) is 13.9 Å². The van der Waals surface area contributed by atoms with Gasteiger partial charge in [0.2, 0.25) is 0 Å². The number of nitrogens with zero attached hydrogens (tertiary/aromatic N) is 2. The van der Waals surface area contributed by atoms with E-state index in [2.05, 4.69) is 4.98 Å². The molecule has 4 rings (SSSR count). The van der Waals surface area contributed by atoms with Crippen molar-refractivity contribution < 1.29 is 18.4 Å². The first-order valence-corrected chi connectivity index (χ1v) is 7.95. The Morgan fingerprint density at radius 3 is 2.88 bits per heavy atom. The van der Waals surface area contributed by atoms with Crippen molar-refractivity contribution in [1.29, 1.82) is 0 Å². The average Bonchev–Trinajstić information content (AvgIpc) is 3.07. The number of benzene rings is 2. The molecule has 2 heterocycles. The highest BCUT2D eigenvalue weighted by Crippen LogP contribution is 2.26. The molecule has 0 aliphatic heterocycles. The van der Waals surface area contributed by atoms with Crippen LogP contribution < -0.4 is 5.56 Å². The maximum atomic E-state index is 14.5. The third-order valence-electron chi connectivity index (χ3n) is 4.00. The molecule has 0 N–H and O–H groups in total. The number of aromatic nitrogens is 2. The van der Waals surface area contributed by atoms with Gasteiger partial charge in [-0.15, -0.1) is 4.79 Å². The van der Waals surface area contributed by atoms with E-state index in [9.17, 15) is 9.28 Å². The maximum Gasteiger partial charge on any atom is 0.290 e. The molecule has 0 amide bonds. The third-order valence-corrected chi connectivity index (χ3v) is 4.00. The van der Waals surface area contributed by atoms with Crippen LogP contribution in [0.15, 0.2) is 57.7 Å². The molecular formula is C19H15FN2O4. The first kappa shape index (κ1) is 16.4. The van der Waals surface area contributed by atoms with Gasteiger partial charge < -0.3 is 13.9 Å². The van der Waals surface area contributed by atoms with E-state index < -0.39 is 5.56 Å². The van der Waals surface area contributed by atoms with Gasteiger partial charge in [0.05, 0.1) is 10.9 Å². The van der Waals surface area contributed by atoms with Gasteiger partial charge in [-0.3, -0.25) is 4.79 Å². The zero-order valence-corrected chi connectivity index (χ0v) is 13.9. The predicted molar refractivity (Wildman–Crippen MR) is 94.4 cm³/mol. The lowest BCUT2D eigenvalue weighted by Crippen LogP contribution is -2.17. The van der Waals surface area contributed by atoms with E-state index in [1.807, 2.05) is 0 Å². The van der Waals surface area contributed by atoms with Gasteiger partial charge in [-0.25, -0.2) is 4.98 Å². The molecule has 0 radical (unpaired) electrons. The summed E-state index contributed by atoms with van der Waals surface area (Å²) in [7, 11) is 1.54. The Labute approximate surface area is 147 Å². The molecule has 0 saturated carbocycles. The van der Waals surface area contributed by atoms with Gasteiger partial charge in [-0.2, -0.15) is 0 Å². The molecule has 6 nitrogen and oxygen atoms in total. The molecule has 4 aromatic rings. The van der Waals surface area contributed by atoms with E-state index in [1.54, 1.807) is 48.5 Å². The Morgan fingerprint density at radius 1 is 1.19 bits per heavy atom. The van der Waals surface area contributed by atoms with Crippen LogP contribution in [0.25, 0.3) is 33.3 Å². The summed E-state index contributed by atoms with van der Waals surface area (Å²) < 4.78 is 30.3. The standard InChI is InChI=1S/C19H15FN2O4/c1-24-11-25-10-14-9-13-8-12(6-7-17(13)26-14)18-21-16-5-3-2-4-15(16)19(23)22(18)20/h2-9H,10-11H2,1H3. The molecule has 0 fully saturated rings. The lowest BCUT2D eigenvalue weighted by atomic mass is 10.1. The molecule has 26 heavy (non-hydrogen) atoms. The summed E-state index contributed by atoms with van der Waals surface area (Å²) in [6.45, 7) is 0.428. The minimum Gasteiger partial charge on any atom is -0.459 e. The second-order valence-corrected chi connectivity index (χ2v) is 5.76. The molecule has 0 aliphatic carbocycles. The van der Waals surface area contributed by atoms with Crippen molar-refractivity contribution in [2.24, 2.45) is 0 Å². The van der Waals surface area contributed by atoms with Gasteiger partial charge in [0.15, 0.2) is 5.82 Å². The highest BCUT2D eigenvalue weighted by atomic mass is 19.2. The number of para-hydroxylation sites is 1. The molecule has 2 aromatic carbocycles. The van der Waals surface area contributed by atoms with Crippen LogP contribution in [-0.2, 0) is 16.1 Å². The summed E-state index contributed by atoms with van der Waals surface area (Å²) in [5, 5.41) is 1.00. The highest BCUT2D eigenvalue weighted by molar-refractivity contribution is 5.84. The van der Waals surface area contributed by atoms with E-state index in [1.165, 1.54) is 7.11 Å². The second-order valence-electron chi connectivity index (χ2n) is 5.76. The van der Waals surface area contributed by atoms with E-state index in [0.29, 0.717) is 22.4 Å². The van der Waals surface area contributed by atoms with Crippen molar-refractivity contribution in [1.82, 2.24) is 9.77 Å². The lowest BCUT2D eigenvalue weighted by molar-refractivity contribution is -0.0437. The van der Waals surface area contributed by atoms with Crippen molar-refractivity contribution in [3.05, 3.63) is 64.6 Å². The Bertz CT molecular complexity index is 1150. The second kappa shape index (κ2) is 6.70. The van der Waals surface area contributed by atoms with Crippen LogP contribution in [0.4, 0.5) is 4.48 Å². The fourth-order valence-electron chi connectivity index (χ4n) is 2.82. The topological polar surface area (TPSA) is 66.5 Å². The number of rotatable bonds is 5. The monoisotopic (exact) mass is 354 g/mol. The Morgan fingerprint density at radius 2 is 2.04 bits per heavy atom. The van der Waals surface area contributed by atoms with Crippen LogP contribution in [-0.4, -0.2) is 23.7 Å². The van der Waals surface area contributed by atoms with Gasteiger partial charge in [-0.05, 0) is 36.4 Å². The van der Waals surface area contributed by atoms with Gasteiger partial charge in [0, 0.05) is 18.1 Å².